The third-order valence-corrected chi connectivity index (χ3v) is 4.68. The van der Waals surface area contributed by atoms with Crippen LogP contribution < -0.4 is 5.73 Å². The molecule has 1 aromatic rings. The van der Waals surface area contributed by atoms with Crippen molar-refractivity contribution in [1.82, 2.24) is 4.98 Å². The Labute approximate surface area is 105 Å². The van der Waals surface area contributed by atoms with Gasteiger partial charge >= 0.3 is 5.97 Å². The summed E-state index contributed by atoms with van der Waals surface area (Å²) in [5.74, 6) is -1.25. The topological polar surface area (TPSA) is 110 Å². The van der Waals surface area contributed by atoms with Gasteiger partial charge in [-0.05, 0) is 18.9 Å². The van der Waals surface area contributed by atoms with Crippen molar-refractivity contribution in [3.05, 3.63) is 17.5 Å². The van der Waals surface area contributed by atoms with Gasteiger partial charge in [0, 0.05) is 5.92 Å². The zero-order valence-electron chi connectivity index (χ0n) is 9.88. The van der Waals surface area contributed by atoms with E-state index < -0.39 is 15.8 Å². The van der Waals surface area contributed by atoms with Crippen molar-refractivity contribution in [2.45, 2.75) is 30.6 Å². The number of nitrogens with zero attached hydrogens (tertiary/aromatic N) is 1. The predicted molar refractivity (Wildman–Crippen MR) is 65.3 cm³/mol. The Morgan fingerprint density at radius 3 is 2.61 bits per heavy atom. The van der Waals surface area contributed by atoms with E-state index in [2.05, 4.69) is 4.98 Å². The summed E-state index contributed by atoms with van der Waals surface area (Å²) in [5, 5.41) is 8.95. The van der Waals surface area contributed by atoms with E-state index in [0.717, 1.165) is 12.8 Å². The van der Waals surface area contributed by atoms with E-state index in [1.807, 2.05) is 0 Å². The summed E-state index contributed by atoms with van der Waals surface area (Å²) in [7, 11) is -3.43. The molecule has 1 fully saturated rings. The zero-order valence-corrected chi connectivity index (χ0v) is 10.7. The van der Waals surface area contributed by atoms with Gasteiger partial charge in [-0.25, -0.2) is 18.2 Å². The molecule has 0 bridgehead atoms. The largest absolute Gasteiger partial charge is 0.476 e. The molecular weight excluding hydrogens is 256 g/mol. The second kappa shape index (κ2) is 4.24. The number of hydrogen-bond acceptors (Lipinski definition) is 5. The van der Waals surface area contributed by atoms with E-state index in [-0.39, 0.29) is 27.9 Å². The number of carboxylic acids is 1. The number of hydrogen-bond donors (Lipinski definition) is 2. The van der Waals surface area contributed by atoms with Crippen molar-refractivity contribution in [3.8, 4) is 0 Å². The van der Waals surface area contributed by atoms with Crippen LogP contribution in [0.5, 0.6) is 0 Å². The van der Waals surface area contributed by atoms with E-state index in [4.69, 9.17) is 10.8 Å². The minimum atomic E-state index is -3.43. The molecule has 1 heterocycles. The maximum Gasteiger partial charge on any atom is 0.356 e. The normalized spacial score (nSPS) is 15.6. The SMILES string of the molecule is CCS(=O)(=O)c1cc(N)c(C(=O)O)nc1C1CC1. The van der Waals surface area contributed by atoms with Gasteiger partial charge in [0.2, 0.25) is 0 Å². The molecule has 0 unspecified atom stereocenters. The van der Waals surface area contributed by atoms with Crippen molar-refractivity contribution in [1.29, 1.82) is 0 Å². The minimum absolute atomic E-state index is 0.0417. The summed E-state index contributed by atoms with van der Waals surface area (Å²) in [6.45, 7) is 1.54. The lowest BCUT2D eigenvalue weighted by Crippen LogP contribution is -2.14. The van der Waals surface area contributed by atoms with Gasteiger partial charge in [-0.1, -0.05) is 6.92 Å². The molecule has 6 nitrogen and oxygen atoms in total. The standard InChI is InChI=1S/C11H14N2O4S/c1-2-18(16,17)8-5-7(12)10(11(14)15)13-9(8)6-3-4-6/h5-6H,2-4,12H2,1H3,(H,14,15). The molecule has 0 aliphatic heterocycles. The molecule has 7 heteroatoms. The molecule has 0 amide bonds. The number of aromatic carboxylic acids is 1. The molecule has 0 spiro atoms. The highest BCUT2D eigenvalue weighted by molar-refractivity contribution is 7.91. The van der Waals surface area contributed by atoms with Crippen LogP contribution in [0.2, 0.25) is 0 Å². The molecule has 1 saturated carbocycles. The monoisotopic (exact) mass is 270 g/mol. The molecule has 18 heavy (non-hydrogen) atoms. The lowest BCUT2D eigenvalue weighted by Gasteiger charge is -2.10. The molecule has 0 aromatic carbocycles. The molecule has 0 atom stereocenters. The van der Waals surface area contributed by atoms with Gasteiger partial charge in [0.05, 0.1) is 22.0 Å². The first-order valence-corrected chi connectivity index (χ1v) is 7.28. The number of nitrogen functional groups attached to an aromatic ring is 1. The minimum Gasteiger partial charge on any atom is -0.476 e. The van der Waals surface area contributed by atoms with Crippen LogP contribution in [-0.4, -0.2) is 30.2 Å². The number of carboxylic acid groups (broad SMARTS) is 1. The summed E-state index contributed by atoms with van der Waals surface area (Å²) < 4.78 is 23.9. The third kappa shape index (κ3) is 2.17. The summed E-state index contributed by atoms with van der Waals surface area (Å²) >= 11 is 0. The van der Waals surface area contributed by atoms with Gasteiger partial charge in [0.25, 0.3) is 0 Å². The summed E-state index contributed by atoms with van der Waals surface area (Å²) in [6.07, 6.45) is 1.67. The first-order valence-electron chi connectivity index (χ1n) is 5.63. The van der Waals surface area contributed by atoms with E-state index in [0.29, 0.717) is 5.69 Å². The van der Waals surface area contributed by atoms with E-state index in [9.17, 15) is 13.2 Å². The lowest BCUT2D eigenvalue weighted by atomic mass is 10.2. The number of carbonyl (C=O) groups is 1. The molecule has 98 valence electrons. The van der Waals surface area contributed by atoms with Crippen LogP contribution in [0.15, 0.2) is 11.0 Å². The second-order valence-corrected chi connectivity index (χ2v) is 6.54. The van der Waals surface area contributed by atoms with Gasteiger partial charge < -0.3 is 10.8 Å². The van der Waals surface area contributed by atoms with Gasteiger partial charge in [-0.3, -0.25) is 0 Å². The van der Waals surface area contributed by atoms with Crippen molar-refractivity contribution >= 4 is 21.5 Å². The average molecular weight is 270 g/mol. The lowest BCUT2D eigenvalue weighted by molar-refractivity contribution is 0.0691. The molecule has 3 N–H and O–H groups in total. The summed E-state index contributed by atoms with van der Waals surface area (Å²) in [6, 6.07) is 1.23. The number of aromatic nitrogens is 1. The van der Waals surface area contributed by atoms with Crippen LogP contribution in [0.4, 0.5) is 5.69 Å². The zero-order chi connectivity index (χ0) is 13.5. The number of sulfone groups is 1. The molecule has 2 rings (SSSR count). The first kappa shape index (κ1) is 12.8. The number of rotatable bonds is 4. The van der Waals surface area contributed by atoms with Crippen molar-refractivity contribution in [3.63, 3.8) is 0 Å². The highest BCUT2D eigenvalue weighted by Gasteiger charge is 2.33. The maximum absolute atomic E-state index is 11.9. The molecule has 0 saturated heterocycles. The van der Waals surface area contributed by atoms with Gasteiger partial charge in [-0.2, -0.15) is 0 Å². The van der Waals surface area contributed by atoms with Crippen molar-refractivity contribution in [2.24, 2.45) is 0 Å². The van der Waals surface area contributed by atoms with E-state index >= 15 is 0 Å². The van der Waals surface area contributed by atoms with Crippen LogP contribution in [0, 0.1) is 0 Å². The molecule has 1 aliphatic rings. The Kier molecular flexibility index (Phi) is 3.02. The fourth-order valence-corrected chi connectivity index (χ4v) is 2.90. The van der Waals surface area contributed by atoms with Gasteiger partial charge in [0.15, 0.2) is 15.5 Å². The Morgan fingerprint density at radius 1 is 1.56 bits per heavy atom. The van der Waals surface area contributed by atoms with Crippen LogP contribution in [0.1, 0.15) is 41.9 Å². The van der Waals surface area contributed by atoms with Gasteiger partial charge in [0.1, 0.15) is 0 Å². The molecule has 1 aliphatic carbocycles. The van der Waals surface area contributed by atoms with Crippen LogP contribution in [0.25, 0.3) is 0 Å². The number of nitrogens with two attached hydrogens (primary N) is 1. The quantitative estimate of drug-likeness (QED) is 0.845. The molecule has 1 aromatic heterocycles. The van der Waals surface area contributed by atoms with Crippen molar-refractivity contribution < 1.29 is 18.3 Å². The highest BCUT2D eigenvalue weighted by Crippen LogP contribution is 2.42. The Bertz CT molecular complexity index is 606. The maximum atomic E-state index is 11.9. The van der Waals surface area contributed by atoms with Crippen LogP contribution in [0.3, 0.4) is 0 Å². The summed E-state index contributed by atoms with van der Waals surface area (Å²) in [4.78, 5) is 15.0. The number of anilines is 1. The Morgan fingerprint density at radius 2 is 2.17 bits per heavy atom. The highest BCUT2D eigenvalue weighted by atomic mass is 32.2. The van der Waals surface area contributed by atoms with Crippen LogP contribution >= 0.6 is 0 Å². The fraction of sp³-hybridized carbons (Fsp3) is 0.455. The van der Waals surface area contributed by atoms with Crippen LogP contribution in [-0.2, 0) is 9.84 Å². The predicted octanol–water partition coefficient (Wildman–Crippen LogP) is 1.03. The fourth-order valence-electron chi connectivity index (χ4n) is 1.75. The first-order chi connectivity index (χ1) is 8.36. The average Bonchev–Trinajstić information content (AvgIpc) is 3.12. The third-order valence-electron chi connectivity index (χ3n) is 2.93. The Balaban J connectivity index is 2.66. The van der Waals surface area contributed by atoms with E-state index in [1.165, 1.54) is 13.0 Å². The van der Waals surface area contributed by atoms with E-state index in [1.54, 1.807) is 0 Å². The number of pyridine rings is 1. The van der Waals surface area contributed by atoms with Gasteiger partial charge in [-0.15, -0.1) is 0 Å². The smallest absolute Gasteiger partial charge is 0.356 e. The molecular formula is C11H14N2O4S. The van der Waals surface area contributed by atoms with Crippen molar-refractivity contribution in [2.75, 3.05) is 11.5 Å². The molecule has 0 radical (unpaired) electrons. The second-order valence-electron chi connectivity index (χ2n) is 4.29. The summed E-state index contributed by atoms with van der Waals surface area (Å²) in [5.41, 5.74) is 5.52. The Hall–Kier alpha value is -1.63.